The van der Waals surface area contributed by atoms with Crippen LogP contribution >= 0.6 is 0 Å². The molecule has 1 aromatic rings. The van der Waals surface area contributed by atoms with Crippen molar-refractivity contribution in [2.75, 3.05) is 13.2 Å². The number of nitrogens with one attached hydrogen (secondary N) is 1. The van der Waals surface area contributed by atoms with Crippen LogP contribution in [-0.4, -0.2) is 37.0 Å². The maximum Gasteiger partial charge on any atom is 0.280 e. The molecule has 0 bridgehead atoms. The number of hydrogen-bond donors (Lipinski definition) is 2. The minimum atomic E-state index is -3.76. The Balaban J connectivity index is 2.04. The van der Waals surface area contributed by atoms with Crippen LogP contribution < -0.4 is 4.72 Å². The van der Waals surface area contributed by atoms with Gasteiger partial charge in [0.05, 0.1) is 6.61 Å². The van der Waals surface area contributed by atoms with E-state index >= 15 is 0 Å². The largest absolute Gasteiger partial charge is 0.395 e. The lowest BCUT2D eigenvalue weighted by molar-refractivity contribution is 0.154. The lowest BCUT2D eigenvalue weighted by atomic mass is 10.1. The molecular weight excluding hydrogens is 302 g/mol. The molecule has 0 amide bonds. The third kappa shape index (κ3) is 3.97. The second-order valence-corrected chi connectivity index (χ2v) is 6.73. The minimum Gasteiger partial charge on any atom is -0.395 e. The topological polar surface area (TPSA) is 69.6 Å². The zero-order chi connectivity index (χ0) is 15.5. The van der Waals surface area contributed by atoms with E-state index in [-0.39, 0.29) is 13.2 Å². The van der Waals surface area contributed by atoms with Crippen molar-refractivity contribution in [1.29, 1.82) is 0 Å². The first-order valence-electron chi connectivity index (χ1n) is 6.75. The summed E-state index contributed by atoms with van der Waals surface area (Å²) in [5.41, 5.74) is 0.329. The first kappa shape index (κ1) is 16.3. The highest BCUT2D eigenvalue weighted by Crippen LogP contribution is 2.19. The average molecular weight is 320 g/mol. The summed E-state index contributed by atoms with van der Waals surface area (Å²) in [4.78, 5) is 0. The number of rotatable bonds is 5. The average Bonchev–Trinajstić information content (AvgIpc) is 2.48. The fourth-order valence-electron chi connectivity index (χ4n) is 2.38. The molecule has 0 spiro atoms. The maximum atomic E-state index is 13.1. The van der Waals surface area contributed by atoms with E-state index in [2.05, 4.69) is 4.72 Å². The summed E-state index contributed by atoms with van der Waals surface area (Å²) >= 11 is 0. The predicted molar refractivity (Wildman–Crippen MR) is 73.5 cm³/mol. The molecule has 0 aromatic heterocycles. The molecular formula is C13H18F2N2O3S. The van der Waals surface area contributed by atoms with Crippen molar-refractivity contribution < 1.29 is 22.3 Å². The second kappa shape index (κ2) is 6.78. The summed E-state index contributed by atoms with van der Waals surface area (Å²) in [7, 11) is -3.76. The van der Waals surface area contributed by atoms with Crippen LogP contribution in [0.25, 0.3) is 0 Å². The predicted octanol–water partition coefficient (Wildman–Crippen LogP) is 1.15. The summed E-state index contributed by atoms with van der Waals surface area (Å²) in [6.07, 6.45) is 2.23. The molecule has 0 radical (unpaired) electrons. The highest BCUT2D eigenvalue weighted by Gasteiger charge is 2.31. The van der Waals surface area contributed by atoms with Crippen LogP contribution in [0.4, 0.5) is 8.78 Å². The molecule has 1 unspecified atom stereocenters. The lowest BCUT2D eigenvalue weighted by Crippen LogP contribution is -2.50. The van der Waals surface area contributed by atoms with Gasteiger partial charge in [-0.2, -0.15) is 17.4 Å². The number of benzene rings is 1. The van der Waals surface area contributed by atoms with Gasteiger partial charge in [-0.3, -0.25) is 0 Å². The Kier molecular flexibility index (Phi) is 5.26. The minimum absolute atomic E-state index is 0.131. The van der Waals surface area contributed by atoms with Gasteiger partial charge in [0.15, 0.2) is 11.6 Å². The number of piperidine rings is 1. The zero-order valence-electron chi connectivity index (χ0n) is 11.4. The van der Waals surface area contributed by atoms with E-state index < -0.39 is 27.9 Å². The van der Waals surface area contributed by atoms with Crippen molar-refractivity contribution in [2.24, 2.45) is 0 Å². The first-order valence-corrected chi connectivity index (χ1v) is 8.19. The van der Waals surface area contributed by atoms with E-state index in [1.54, 1.807) is 0 Å². The van der Waals surface area contributed by atoms with Crippen LogP contribution in [0, 0.1) is 11.6 Å². The number of hydrogen-bond acceptors (Lipinski definition) is 3. The fourth-order valence-corrected chi connectivity index (χ4v) is 3.83. The van der Waals surface area contributed by atoms with Gasteiger partial charge in [0.25, 0.3) is 10.2 Å². The Labute approximate surface area is 122 Å². The molecule has 2 rings (SSSR count). The van der Waals surface area contributed by atoms with Crippen LogP contribution in [0.3, 0.4) is 0 Å². The van der Waals surface area contributed by atoms with Gasteiger partial charge in [0, 0.05) is 19.1 Å². The van der Waals surface area contributed by atoms with Crippen LogP contribution in [-0.2, 0) is 16.8 Å². The SMILES string of the molecule is O=S(=O)(NCc1ccc(F)c(F)c1)N1CCCCC1CO. The molecule has 21 heavy (non-hydrogen) atoms. The molecule has 118 valence electrons. The van der Waals surface area contributed by atoms with Crippen molar-refractivity contribution in [3.05, 3.63) is 35.4 Å². The molecule has 8 heteroatoms. The molecule has 0 aliphatic carbocycles. The van der Waals surface area contributed by atoms with Crippen LogP contribution in [0.15, 0.2) is 18.2 Å². The van der Waals surface area contributed by atoms with E-state index in [1.807, 2.05) is 0 Å². The quantitative estimate of drug-likeness (QED) is 0.855. The van der Waals surface area contributed by atoms with Crippen molar-refractivity contribution >= 4 is 10.2 Å². The molecule has 2 N–H and O–H groups in total. The fraction of sp³-hybridized carbons (Fsp3) is 0.538. The van der Waals surface area contributed by atoms with E-state index in [1.165, 1.54) is 10.4 Å². The summed E-state index contributed by atoms with van der Waals surface area (Å²) < 4.78 is 53.9. The highest BCUT2D eigenvalue weighted by atomic mass is 32.2. The van der Waals surface area contributed by atoms with Crippen molar-refractivity contribution in [1.82, 2.24) is 9.03 Å². The van der Waals surface area contributed by atoms with Crippen LogP contribution in [0.5, 0.6) is 0 Å². The normalized spacial score (nSPS) is 20.6. The van der Waals surface area contributed by atoms with Gasteiger partial charge in [-0.05, 0) is 30.5 Å². The smallest absolute Gasteiger partial charge is 0.280 e. The Morgan fingerprint density at radius 3 is 2.71 bits per heavy atom. The Morgan fingerprint density at radius 2 is 2.05 bits per heavy atom. The molecule has 1 heterocycles. The van der Waals surface area contributed by atoms with Gasteiger partial charge < -0.3 is 5.11 Å². The second-order valence-electron chi connectivity index (χ2n) is 5.02. The Bertz CT molecular complexity index is 595. The van der Waals surface area contributed by atoms with Crippen molar-refractivity contribution in [2.45, 2.75) is 31.8 Å². The first-order chi connectivity index (χ1) is 9.94. The third-order valence-corrected chi connectivity index (χ3v) is 5.14. The van der Waals surface area contributed by atoms with E-state index in [0.717, 1.165) is 25.0 Å². The number of aliphatic hydroxyl groups excluding tert-OH is 1. The number of aliphatic hydroxyl groups is 1. The van der Waals surface area contributed by atoms with E-state index in [4.69, 9.17) is 0 Å². The summed E-state index contributed by atoms with van der Waals surface area (Å²) in [5, 5.41) is 9.25. The van der Waals surface area contributed by atoms with Crippen LogP contribution in [0.2, 0.25) is 0 Å². The maximum absolute atomic E-state index is 13.1. The molecule has 1 aromatic carbocycles. The van der Waals surface area contributed by atoms with Gasteiger partial charge in [0.1, 0.15) is 0 Å². The standard InChI is InChI=1S/C13H18F2N2O3S/c14-12-5-4-10(7-13(12)15)8-16-21(19,20)17-6-2-1-3-11(17)9-18/h4-5,7,11,16,18H,1-3,6,8-9H2. The van der Waals surface area contributed by atoms with E-state index in [0.29, 0.717) is 18.5 Å². The van der Waals surface area contributed by atoms with Crippen LogP contribution in [0.1, 0.15) is 24.8 Å². The monoisotopic (exact) mass is 320 g/mol. The molecule has 1 saturated heterocycles. The van der Waals surface area contributed by atoms with Gasteiger partial charge in [-0.1, -0.05) is 12.5 Å². The summed E-state index contributed by atoms with van der Waals surface area (Å²) in [6, 6.07) is 2.80. The molecule has 1 fully saturated rings. The Morgan fingerprint density at radius 1 is 1.29 bits per heavy atom. The molecule has 5 nitrogen and oxygen atoms in total. The summed E-state index contributed by atoms with van der Waals surface area (Å²) in [6.45, 7) is -0.0153. The lowest BCUT2D eigenvalue weighted by Gasteiger charge is -2.33. The highest BCUT2D eigenvalue weighted by molar-refractivity contribution is 7.87. The number of halogens is 2. The molecule has 1 atom stereocenters. The van der Waals surface area contributed by atoms with Crippen molar-refractivity contribution in [3.8, 4) is 0 Å². The van der Waals surface area contributed by atoms with E-state index in [9.17, 15) is 22.3 Å². The Hall–Kier alpha value is -1.09. The third-order valence-electron chi connectivity index (χ3n) is 3.54. The molecule has 1 aliphatic heterocycles. The van der Waals surface area contributed by atoms with Gasteiger partial charge in [-0.15, -0.1) is 0 Å². The zero-order valence-corrected chi connectivity index (χ0v) is 12.2. The molecule has 0 saturated carbocycles. The van der Waals surface area contributed by atoms with Gasteiger partial charge in [0.2, 0.25) is 0 Å². The summed E-state index contributed by atoms with van der Waals surface area (Å²) in [5.74, 6) is -1.99. The van der Waals surface area contributed by atoms with Gasteiger partial charge in [-0.25, -0.2) is 8.78 Å². The number of nitrogens with zero attached hydrogens (tertiary/aromatic N) is 1. The van der Waals surface area contributed by atoms with Gasteiger partial charge >= 0.3 is 0 Å². The van der Waals surface area contributed by atoms with Crippen molar-refractivity contribution in [3.63, 3.8) is 0 Å². The molecule has 1 aliphatic rings.